The highest BCUT2D eigenvalue weighted by Gasteiger charge is 2.35. The van der Waals surface area contributed by atoms with E-state index in [9.17, 15) is 30.4 Å². The van der Waals surface area contributed by atoms with Crippen LogP contribution in [0.5, 0.6) is 0 Å². The summed E-state index contributed by atoms with van der Waals surface area (Å²) in [5, 5.41) is 0. The highest BCUT2D eigenvalue weighted by Crippen LogP contribution is 2.34. The van der Waals surface area contributed by atoms with Crippen molar-refractivity contribution in [2.45, 2.75) is 11.1 Å². The minimum Gasteiger partial charge on any atom is -0.357 e. The molecule has 2 heterocycles. The Morgan fingerprint density at radius 3 is 2.30 bits per heavy atom. The fraction of sp³-hybridized carbons (Fsp3) is 0.0667. The molecule has 12 heteroatoms. The zero-order chi connectivity index (χ0) is 19.8. The lowest BCUT2D eigenvalue weighted by molar-refractivity contribution is -0.140. The third kappa shape index (κ3) is 3.89. The summed E-state index contributed by atoms with van der Waals surface area (Å²) < 4.78 is 91.5. The summed E-state index contributed by atoms with van der Waals surface area (Å²) in [6.45, 7) is 0. The van der Waals surface area contributed by atoms with Crippen molar-refractivity contribution in [3.63, 3.8) is 0 Å². The van der Waals surface area contributed by atoms with Gasteiger partial charge in [-0.3, -0.25) is 4.72 Å². The predicted octanol–water partition coefficient (Wildman–Crippen LogP) is 3.57. The molecule has 0 bridgehead atoms. The zero-order valence-corrected chi connectivity index (χ0v) is 13.9. The van der Waals surface area contributed by atoms with Gasteiger partial charge in [-0.05, 0) is 18.2 Å². The van der Waals surface area contributed by atoms with Crippen molar-refractivity contribution >= 4 is 15.7 Å². The summed E-state index contributed by atoms with van der Waals surface area (Å²) in [6, 6.07) is 2.70. The lowest BCUT2D eigenvalue weighted by atomic mass is 10.2. The maximum atomic E-state index is 13.9. The number of rotatable bonds is 4. The van der Waals surface area contributed by atoms with Gasteiger partial charge in [0.2, 0.25) is 0 Å². The molecule has 0 fully saturated rings. The normalized spacial score (nSPS) is 12.2. The second-order valence-corrected chi connectivity index (χ2v) is 6.92. The van der Waals surface area contributed by atoms with Crippen molar-refractivity contribution < 1.29 is 30.4 Å². The lowest BCUT2D eigenvalue weighted by Crippen LogP contribution is -2.15. The first-order chi connectivity index (χ1) is 12.6. The molecule has 0 unspecified atom stereocenters. The van der Waals surface area contributed by atoms with Crippen LogP contribution in [0.25, 0.3) is 11.5 Å². The van der Waals surface area contributed by atoms with Crippen LogP contribution in [0.3, 0.4) is 0 Å². The average molecular weight is 404 g/mol. The summed E-state index contributed by atoms with van der Waals surface area (Å²) in [5.74, 6) is -3.20. The summed E-state index contributed by atoms with van der Waals surface area (Å²) >= 11 is 0. The van der Waals surface area contributed by atoms with Gasteiger partial charge in [0.25, 0.3) is 10.0 Å². The van der Waals surface area contributed by atoms with E-state index in [0.717, 1.165) is 12.3 Å². The number of hydrogen-bond acceptors (Lipinski definition) is 4. The number of sulfonamides is 1. The number of aromatic nitrogens is 3. The Labute approximate surface area is 149 Å². The number of hydrogen-bond donors (Lipinski definition) is 2. The van der Waals surface area contributed by atoms with E-state index >= 15 is 0 Å². The van der Waals surface area contributed by atoms with Crippen LogP contribution in [0.2, 0.25) is 0 Å². The fourth-order valence-electron chi connectivity index (χ4n) is 2.14. The molecular formula is C15H9F5N4O2S. The maximum absolute atomic E-state index is 13.9. The molecule has 0 spiro atoms. The molecule has 2 aromatic heterocycles. The molecule has 0 aliphatic heterocycles. The summed E-state index contributed by atoms with van der Waals surface area (Å²) in [4.78, 5) is 10.1. The van der Waals surface area contributed by atoms with Crippen molar-refractivity contribution in [2.24, 2.45) is 0 Å². The van der Waals surface area contributed by atoms with Gasteiger partial charge in [0, 0.05) is 24.7 Å². The van der Waals surface area contributed by atoms with Crippen molar-refractivity contribution in [3.05, 3.63) is 60.1 Å². The van der Waals surface area contributed by atoms with Crippen LogP contribution in [0.4, 0.5) is 27.6 Å². The van der Waals surface area contributed by atoms with Gasteiger partial charge in [-0.25, -0.2) is 27.2 Å². The highest BCUT2D eigenvalue weighted by atomic mass is 32.2. The number of anilines is 1. The Kier molecular flexibility index (Phi) is 4.59. The van der Waals surface area contributed by atoms with E-state index in [2.05, 4.69) is 15.0 Å². The first kappa shape index (κ1) is 18.8. The minimum atomic E-state index is -5.12. The van der Waals surface area contributed by atoms with Crippen LogP contribution < -0.4 is 4.72 Å². The van der Waals surface area contributed by atoms with Crippen molar-refractivity contribution in [1.29, 1.82) is 0 Å². The van der Waals surface area contributed by atoms with Gasteiger partial charge >= 0.3 is 6.18 Å². The number of benzene rings is 1. The van der Waals surface area contributed by atoms with Gasteiger partial charge in [-0.15, -0.1) is 0 Å². The van der Waals surface area contributed by atoms with E-state index in [0.29, 0.717) is 0 Å². The number of nitrogens with one attached hydrogen (secondary N) is 2. The molecule has 1 aromatic carbocycles. The average Bonchev–Trinajstić information content (AvgIpc) is 3.08. The third-order valence-corrected chi connectivity index (χ3v) is 4.72. The first-order valence-electron chi connectivity index (χ1n) is 7.13. The van der Waals surface area contributed by atoms with Gasteiger partial charge in [0.1, 0.15) is 16.5 Å². The van der Waals surface area contributed by atoms with Crippen LogP contribution in [-0.4, -0.2) is 23.4 Å². The van der Waals surface area contributed by atoms with Crippen LogP contribution in [0.15, 0.2) is 47.8 Å². The van der Waals surface area contributed by atoms with Crippen LogP contribution in [-0.2, 0) is 16.2 Å². The Balaban J connectivity index is 1.92. The number of halogens is 5. The van der Waals surface area contributed by atoms with Gasteiger partial charge in [-0.2, -0.15) is 13.2 Å². The largest absolute Gasteiger partial charge is 0.419 e. The number of H-pyrrole nitrogens is 1. The molecule has 2 N–H and O–H groups in total. The molecule has 0 saturated heterocycles. The topological polar surface area (TPSA) is 87.7 Å². The number of aromatic amines is 1. The molecule has 6 nitrogen and oxygen atoms in total. The number of alkyl halides is 3. The number of nitrogens with zero attached hydrogens (tertiary/aromatic N) is 2. The third-order valence-electron chi connectivity index (χ3n) is 3.38. The van der Waals surface area contributed by atoms with Crippen LogP contribution in [0, 0.1) is 11.6 Å². The van der Waals surface area contributed by atoms with Gasteiger partial charge < -0.3 is 4.98 Å². The first-order valence-corrected chi connectivity index (χ1v) is 8.61. The van der Waals surface area contributed by atoms with Crippen molar-refractivity contribution in [2.75, 3.05) is 4.72 Å². The molecule has 0 saturated carbocycles. The fourth-order valence-corrected chi connectivity index (χ4v) is 3.19. The van der Waals surface area contributed by atoms with Gasteiger partial charge in [-0.1, -0.05) is 0 Å². The van der Waals surface area contributed by atoms with Gasteiger partial charge in [0.05, 0.1) is 16.9 Å². The van der Waals surface area contributed by atoms with E-state index < -0.39 is 39.1 Å². The summed E-state index contributed by atoms with van der Waals surface area (Å²) in [6.07, 6.45) is -1.22. The molecule has 3 aromatic rings. The molecule has 0 amide bonds. The van der Waals surface area contributed by atoms with E-state index in [4.69, 9.17) is 0 Å². The smallest absolute Gasteiger partial charge is 0.357 e. The van der Waals surface area contributed by atoms with E-state index in [1.807, 2.05) is 0 Å². The Bertz CT molecular complexity index is 1080. The maximum Gasteiger partial charge on any atom is 0.419 e. The molecule has 27 heavy (non-hydrogen) atoms. The summed E-state index contributed by atoms with van der Waals surface area (Å²) in [5.41, 5.74) is -2.57. The van der Waals surface area contributed by atoms with E-state index in [1.54, 1.807) is 10.8 Å². The van der Waals surface area contributed by atoms with Gasteiger partial charge in [0.15, 0.2) is 5.82 Å². The Morgan fingerprint density at radius 2 is 1.67 bits per heavy atom. The lowest BCUT2D eigenvalue weighted by Gasteiger charge is -2.12. The highest BCUT2D eigenvalue weighted by molar-refractivity contribution is 7.92. The van der Waals surface area contributed by atoms with Crippen LogP contribution >= 0.6 is 0 Å². The van der Waals surface area contributed by atoms with E-state index in [-0.39, 0.29) is 28.5 Å². The molecule has 0 aliphatic rings. The monoisotopic (exact) mass is 404 g/mol. The molecule has 0 atom stereocenters. The molecular weight excluding hydrogens is 395 g/mol. The molecule has 3 rings (SSSR count). The molecule has 0 radical (unpaired) electrons. The predicted molar refractivity (Wildman–Crippen MR) is 84.0 cm³/mol. The van der Waals surface area contributed by atoms with Crippen LogP contribution in [0.1, 0.15) is 5.56 Å². The standard InChI is InChI=1S/C15H9F5N4O2S/c16-10-6-12(11(17)5-9(10)15(18,19)20)24-27(25,26)8-4-13(23-7-8)14-21-2-1-3-22-14/h1-7,23-24H. The Hall–Kier alpha value is -3.02. The summed E-state index contributed by atoms with van der Waals surface area (Å²) in [7, 11) is -4.41. The minimum absolute atomic E-state index is 0.118. The van der Waals surface area contributed by atoms with E-state index in [1.165, 1.54) is 12.4 Å². The molecule has 0 aliphatic carbocycles. The molecule has 142 valence electrons. The quantitative estimate of drug-likeness (QED) is 0.651. The second-order valence-electron chi connectivity index (χ2n) is 5.24. The second kappa shape index (κ2) is 6.61. The van der Waals surface area contributed by atoms with Crippen molar-refractivity contribution in [3.8, 4) is 11.5 Å². The Morgan fingerprint density at radius 1 is 1.00 bits per heavy atom. The zero-order valence-electron chi connectivity index (χ0n) is 13.1. The SMILES string of the molecule is O=S(=O)(Nc1cc(F)c(C(F)(F)F)cc1F)c1c[nH]c(-c2ncccn2)c1. The van der Waals surface area contributed by atoms with Crippen molar-refractivity contribution in [1.82, 2.24) is 15.0 Å².